The van der Waals surface area contributed by atoms with Crippen molar-refractivity contribution in [1.29, 1.82) is 0 Å². The lowest BCUT2D eigenvalue weighted by Gasteiger charge is -1.91. The van der Waals surface area contributed by atoms with Crippen LogP contribution in [-0.4, -0.2) is 20.4 Å². The summed E-state index contributed by atoms with van der Waals surface area (Å²) < 4.78 is 0. The molecule has 0 unspecified atom stereocenters. The summed E-state index contributed by atoms with van der Waals surface area (Å²) >= 11 is 0. The SMILES string of the molecule is O=c1[nH]ncc2ccccc12.c1cn[nH]c1. The largest absolute Gasteiger partial charge is 0.286 e. The topological polar surface area (TPSA) is 74.4 Å². The Balaban J connectivity index is 0.000000162. The Labute approximate surface area is 91.1 Å². The number of nitrogens with zero attached hydrogens (tertiary/aromatic N) is 2. The van der Waals surface area contributed by atoms with E-state index in [9.17, 15) is 4.79 Å². The van der Waals surface area contributed by atoms with E-state index in [2.05, 4.69) is 20.4 Å². The molecule has 3 rings (SSSR count). The average molecular weight is 214 g/mol. The Morgan fingerprint density at radius 3 is 2.56 bits per heavy atom. The molecule has 16 heavy (non-hydrogen) atoms. The van der Waals surface area contributed by atoms with Crippen molar-refractivity contribution in [2.75, 3.05) is 0 Å². The van der Waals surface area contributed by atoms with Crippen molar-refractivity contribution in [3.8, 4) is 0 Å². The van der Waals surface area contributed by atoms with E-state index in [0.29, 0.717) is 5.39 Å². The first kappa shape index (κ1) is 10.1. The van der Waals surface area contributed by atoms with Crippen molar-refractivity contribution in [1.82, 2.24) is 20.4 Å². The molecule has 0 saturated carbocycles. The molecule has 0 saturated heterocycles. The zero-order valence-electron chi connectivity index (χ0n) is 8.42. The van der Waals surface area contributed by atoms with Gasteiger partial charge in [0, 0.05) is 23.2 Å². The first-order valence-corrected chi connectivity index (χ1v) is 4.74. The lowest BCUT2D eigenvalue weighted by Crippen LogP contribution is -2.06. The van der Waals surface area contributed by atoms with E-state index in [4.69, 9.17) is 0 Å². The van der Waals surface area contributed by atoms with Gasteiger partial charge in [-0.15, -0.1) is 0 Å². The van der Waals surface area contributed by atoms with Gasteiger partial charge < -0.3 is 0 Å². The van der Waals surface area contributed by atoms with E-state index < -0.39 is 0 Å². The highest BCUT2D eigenvalue weighted by atomic mass is 16.1. The van der Waals surface area contributed by atoms with Gasteiger partial charge in [0.05, 0.1) is 6.20 Å². The molecule has 0 radical (unpaired) electrons. The summed E-state index contributed by atoms with van der Waals surface area (Å²) in [5.74, 6) is 0. The first-order valence-electron chi connectivity index (χ1n) is 4.74. The van der Waals surface area contributed by atoms with Crippen LogP contribution in [0.5, 0.6) is 0 Å². The zero-order valence-corrected chi connectivity index (χ0v) is 8.42. The summed E-state index contributed by atoms with van der Waals surface area (Å²) in [5, 5.41) is 13.8. The minimum Gasteiger partial charge on any atom is -0.286 e. The minimum atomic E-state index is -0.136. The van der Waals surface area contributed by atoms with Crippen LogP contribution in [0.1, 0.15) is 0 Å². The van der Waals surface area contributed by atoms with Crippen LogP contribution >= 0.6 is 0 Å². The number of aromatic amines is 2. The van der Waals surface area contributed by atoms with Crippen LogP contribution in [0, 0.1) is 0 Å². The predicted molar refractivity (Wildman–Crippen MR) is 61.0 cm³/mol. The quantitative estimate of drug-likeness (QED) is 0.593. The van der Waals surface area contributed by atoms with E-state index in [1.807, 2.05) is 24.3 Å². The highest BCUT2D eigenvalue weighted by molar-refractivity contribution is 5.80. The molecular weight excluding hydrogens is 204 g/mol. The summed E-state index contributed by atoms with van der Waals surface area (Å²) in [4.78, 5) is 11.1. The molecule has 80 valence electrons. The third kappa shape index (κ3) is 2.33. The monoisotopic (exact) mass is 214 g/mol. The van der Waals surface area contributed by atoms with Crippen LogP contribution < -0.4 is 5.56 Å². The number of aromatic nitrogens is 4. The summed E-state index contributed by atoms with van der Waals surface area (Å²) in [7, 11) is 0. The van der Waals surface area contributed by atoms with Crippen molar-refractivity contribution in [3.63, 3.8) is 0 Å². The highest BCUT2D eigenvalue weighted by Gasteiger charge is 1.93. The van der Waals surface area contributed by atoms with Crippen LogP contribution in [0.2, 0.25) is 0 Å². The molecule has 0 aliphatic rings. The molecule has 1 aromatic carbocycles. The van der Waals surface area contributed by atoms with Crippen molar-refractivity contribution in [2.24, 2.45) is 0 Å². The summed E-state index contributed by atoms with van der Waals surface area (Å²) in [6.45, 7) is 0. The second-order valence-corrected chi connectivity index (χ2v) is 3.05. The number of rotatable bonds is 0. The number of hydrogen-bond donors (Lipinski definition) is 2. The van der Waals surface area contributed by atoms with Crippen LogP contribution in [-0.2, 0) is 0 Å². The maximum atomic E-state index is 11.1. The van der Waals surface area contributed by atoms with Crippen LogP contribution in [0.25, 0.3) is 10.8 Å². The fourth-order valence-corrected chi connectivity index (χ4v) is 1.25. The molecule has 0 spiro atoms. The van der Waals surface area contributed by atoms with E-state index in [1.165, 1.54) is 0 Å². The second kappa shape index (κ2) is 4.88. The Hall–Kier alpha value is -2.43. The molecule has 3 aromatic rings. The van der Waals surface area contributed by atoms with Gasteiger partial charge in [-0.1, -0.05) is 18.2 Å². The first-order chi connectivity index (χ1) is 7.88. The van der Waals surface area contributed by atoms with Crippen molar-refractivity contribution in [2.45, 2.75) is 0 Å². The minimum absolute atomic E-state index is 0.136. The summed E-state index contributed by atoms with van der Waals surface area (Å²) in [6, 6.07) is 9.18. The Bertz CT molecular complexity index is 578. The van der Waals surface area contributed by atoms with Gasteiger partial charge >= 0.3 is 0 Å². The van der Waals surface area contributed by atoms with Gasteiger partial charge in [-0.05, 0) is 12.1 Å². The molecule has 5 nitrogen and oxygen atoms in total. The van der Waals surface area contributed by atoms with Crippen LogP contribution in [0.15, 0.2) is 53.7 Å². The van der Waals surface area contributed by atoms with Crippen molar-refractivity contribution in [3.05, 3.63) is 59.3 Å². The summed E-state index contributed by atoms with van der Waals surface area (Å²) in [6.07, 6.45) is 5.09. The predicted octanol–water partition coefficient (Wildman–Crippen LogP) is 1.33. The smallest absolute Gasteiger partial charge is 0.272 e. The molecule has 5 heteroatoms. The second-order valence-electron chi connectivity index (χ2n) is 3.05. The highest BCUT2D eigenvalue weighted by Crippen LogP contribution is 2.04. The number of H-pyrrole nitrogens is 2. The van der Waals surface area contributed by atoms with Gasteiger partial charge in [0.25, 0.3) is 5.56 Å². The van der Waals surface area contributed by atoms with Gasteiger partial charge in [-0.25, -0.2) is 5.10 Å². The van der Waals surface area contributed by atoms with Gasteiger partial charge in [-0.3, -0.25) is 9.89 Å². The van der Waals surface area contributed by atoms with E-state index in [0.717, 1.165) is 5.39 Å². The van der Waals surface area contributed by atoms with Gasteiger partial charge in [-0.2, -0.15) is 10.2 Å². The Morgan fingerprint density at radius 2 is 1.94 bits per heavy atom. The Morgan fingerprint density at radius 1 is 1.06 bits per heavy atom. The molecule has 2 heterocycles. The van der Waals surface area contributed by atoms with Crippen molar-refractivity contribution < 1.29 is 0 Å². The van der Waals surface area contributed by atoms with Crippen LogP contribution in [0.4, 0.5) is 0 Å². The molecule has 0 aliphatic carbocycles. The Kier molecular flexibility index (Phi) is 3.08. The molecule has 0 atom stereocenters. The number of hydrogen-bond acceptors (Lipinski definition) is 3. The lowest BCUT2D eigenvalue weighted by molar-refractivity contribution is 1.01. The molecule has 2 N–H and O–H groups in total. The maximum absolute atomic E-state index is 11.1. The molecule has 2 aromatic heterocycles. The molecule has 0 fully saturated rings. The molecule has 0 aliphatic heterocycles. The van der Waals surface area contributed by atoms with E-state index in [1.54, 1.807) is 24.7 Å². The van der Waals surface area contributed by atoms with E-state index >= 15 is 0 Å². The maximum Gasteiger partial charge on any atom is 0.272 e. The van der Waals surface area contributed by atoms with Crippen LogP contribution in [0.3, 0.4) is 0 Å². The number of benzene rings is 1. The molecule has 0 bridgehead atoms. The van der Waals surface area contributed by atoms with Crippen molar-refractivity contribution >= 4 is 10.8 Å². The summed E-state index contributed by atoms with van der Waals surface area (Å²) in [5.41, 5.74) is -0.136. The van der Waals surface area contributed by atoms with Gasteiger partial charge in [0.2, 0.25) is 0 Å². The number of fused-ring (bicyclic) bond motifs is 1. The number of nitrogens with one attached hydrogen (secondary N) is 2. The standard InChI is InChI=1S/C8H6N2O.C3H4N2/c11-8-7-4-2-1-3-6(7)5-9-10-8;1-2-4-5-3-1/h1-5H,(H,10,11);1-3H,(H,4,5). The molecular formula is C11H10N4O. The lowest BCUT2D eigenvalue weighted by atomic mass is 10.2. The fourth-order valence-electron chi connectivity index (χ4n) is 1.25. The normalized spacial score (nSPS) is 9.50. The third-order valence-corrected chi connectivity index (χ3v) is 1.98. The zero-order chi connectivity index (χ0) is 11.2. The van der Waals surface area contributed by atoms with E-state index in [-0.39, 0.29) is 5.56 Å². The van der Waals surface area contributed by atoms with Gasteiger partial charge in [0.15, 0.2) is 0 Å². The van der Waals surface area contributed by atoms with Gasteiger partial charge in [0.1, 0.15) is 0 Å². The average Bonchev–Trinajstić information content (AvgIpc) is 2.88. The molecule has 0 amide bonds. The fraction of sp³-hybridized carbons (Fsp3) is 0. The third-order valence-electron chi connectivity index (χ3n) is 1.98.